The number of alkyl halides is 3. The number of hydrogen-bond acceptors (Lipinski definition) is 7. The zero-order valence-corrected chi connectivity index (χ0v) is 16.9. The van der Waals surface area contributed by atoms with Crippen LogP contribution in [0.2, 0.25) is 0 Å². The number of halogens is 3. The molecule has 1 unspecified atom stereocenters. The average molecular weight is 439 g/mol. The first-order chi connectivity index (χ1) is 13.1. The first-order valence-corrected chi connectivity index (χ1v) is 9.75. The average Bonchev–Trinajstić information content (AvgIpc) is 2.57. The molecule has 0 saturated heterocycles. The molecular weight excluding hydrogens is 419 g/mol. The van der Waals surface area contributed by atoms with Crippen LogP contribution in [-0.2, 0) is 37.4 Å². The van der Waals surface area contributed by atoms with Gasteiger partial charge in [-0.3, -0.25) is 4.90 Å². The maximum absolute atomic E-state index is 12.5. The summed E-state index contributed by atoms with van der Waals surface area (Å²) in [6.45, 7) is 4.87. The molecule has 0 bridgehead atoms. The fourth-order valence-electron chi connectivity index (χ4n) is 2.64. The molecule has 0 spiro atoms. The molecule has 1 aliphatic heterocycles. The van der Waals surface area contributed by atoms with Crippen molar-refractivity contribution < 1.29 is 44.8 Å². The lowest BCUT2D eigenvalue weighted by Crippen LogP contribution is -2.50. The Morgan fingerprint density at radius 3 is 2.28 bits per heavy atom. The second-order valence-electron chi connectivity index (χ2n) is 7.27. The van der Waals surface area contributed by atoms with Gasteiger partial charge in [-0.1, -0.05) is 6.07 Å². The molecule has 0 N–H and O–H groups in total. The first kappa shape index (κ1) is 22.8. The molecule has 1 aliphatic rings. The largest absolute Gasteiger partial charge is 0.534 e. The zero-order valence-electron chi connectivity index (χ0n) is 16.1. The minimum absolute atomic E-state index is 0.0870. The molecule has 0 fully saturated rings. The molecule has 0 saturated carbocycles. The van der Waals surface area contributed by atoms with Crippen LogP contribution in [0.1, 0.15) is 31.9 Å². The second-order valence-corrected chi connectivity index (χ2v) is 8.80. The summed E-state index contributed by atoms with van der Waals surface area (Å²) in [6.07, 6.45) is -0.886. The highest BCUT2D eigenvalue weighted by atomic mass is 32.2. The number of methoxy groups -OCH3 is 1. The Kier molecular flexibility index (Phi) is 6.07. The second kappa shape index (κ2) is 7.73. The van der Waals surface area contributed by atoms with Gasteiger partial charge >= 0.3 is 27.7 Å². The summed E-state index contributed by atoms with van der Waals surface area (Å²) in [5.74, 6) is -1.31. The van der Waals surface area contributed by atoms with Gasteiger partial charge in [0, 0.05) is 6.42 Å². The minimum atomic E-state index is -5.83. The van der Waals surface area contributed by atoms with E-state index in [0.717, 1.165) is 24.1 Å². The summed E-state index contributed by atoms with van der Waals surface area (Å²) in [5, 5.41) is 0. The van der Waals surface area contributed by atoms with Crippen LogP contribution in [0.15, 0.2) is 18.2 Å². The molecule has 1 aromatic carbocycles. The van der Waals surface area contributed by atoms with Gasteiger partial charge in [0.1, 0.15) is 17.4 Å². The summed E-state index contributed by atoms with van der Waals surface area (Å²) in [6, 6.07) is 2.34. The van der Waals surface area contributed by atoms with E-state index in [-0.39, 0.29) is 13.0 Å². The van der Waals surface area contributed by atoms with Crippen LogP contribution in [0.5, 0.6) is 5.75 Å². The van der Waals surface area contributed by atoms with Crippen molar-refractivity contribution in [2.24, 2.45) is 0 Å². The maximum atomic E-state index is 12.5. The predicted molar refractivity (Wildman–Crippen MR) is 93.3 cm³/mol. The molecule has 162 valence electrons. The van der Waals surface area contributed by atoms with Crippen molar-refractivity contribution in [3.05, 3.63) is 29.3 Å². The van der Waals surface area contributed by atoms with Gasteiger partial charge in [0.05, 0.1) is 13.7 Å². The van der Waals surface area contributed by atoms with Crippen LogP contribution < -0.4 is 4.18 Å². The van der Waals surface area contributed by atoms with E-state index >= 15 is 0 Å². The van der Waals surface area contributed by atoms with Crippen molar-refractivity contribution in [1.29, 1.82) is 0 Å². The van der Waals surface area contributed by atoms with Crippen LogP contribution in [0.3, 0.4) is 0 Å². The number of fused-ring (bicyclic) bond motifs is 1. The van der Waals surface area contributed by atoms with E-state index < -0.39 is 45.1 Å². The zero-order chi connectivity index (χ0) is 22.2. The molecule has 0 aliphatic carbocycles. The van der Waals surface area contributed by atoms with E-state index in [4.69, 9.17) is 9.47 Å². The number of amides is 1. The van der Waals surface area contributed by atoms with Gasteiger partial charge in [-0.05, 0) is 44.0 Å². The lowest BCUT2D eigenvalue weighted by Gasteiger charge is -2.36. The van der Waals surface area contributed by atoms with Gasteiger partial charge < -0.3 is 13.7 Å². The number of rotatable bonds is 3. The number of hydrogen-bond donors (Lipinski definition) is 0. The Hall–Kier alpha value is -2.50. The van der Waals surface area contributed by atoms with Crippen molar-refractivity contribution in [3.63, 3.8) is 0 Å². The van der Waals surface area contributed by atoms with E-state index in [1.54, 1.807) is 20.8 Å². The normalized spacial score (nSPS) is 17.3. The predicted octanol–water partition coefficient (Wildman–Crippen LogP) is 2.75. The number of benzene rings is 1. The molecule has 1 aromatic rings. The van der Waals surface area contributed by atoms with E-state index in [0.29, 0.717) is 11.1 Å². The van der Waals surface area contributed by atoms with E-state index in [2.05, 4.69) is 4.18 Å². The smallest absolute Gasteiger partial charge is 0.467 e. The van der Waals surface area contributed by atoms with Crippen LogP contribution in [-0.4, -0.2) is 49.6 Å². The van der Waals surface area contributed by atoms with E-state index in [1.807, 2.05) is 0 Å². The Labute approximate surface area is 165 Å². The van der Waals surface area contributed by atoms with Crippen LogP contribution >= 0.6 is 0 Å². The SMILES string of the molecule is COC(=O)C1Cc2cc(OS(=O)(=O)C(F)(F)F)ccc2CN1C(=O)OC(C)(C)C. The summed E-state index contributed by atoms with van der Waals surface area (Å²) < 4.78 is 74.0. The molecule has 1 amide bonds. The fourth-order valence-corrected chi connectivity index (χ4v) is 3.10. The third-order valence-electron chi connectivity index (χ3n) is 3.90. The first-order valence-electron chi connectivity index (χ1n) is 8.34. The van der Waals surface area contributed by atoms with Crippen molar-refractivity contribution in [1.82, 2.24) is 4.90 Å². The lowest BCUT2D eigenvalue weighted by atomic mass is 9.94. The highest BCUT2D eigenvalue weighted by molar-refractivity contribution is 7.88. The molecule has 1 atom stereocenters. The lowest BCUT2D eigenvalue weighted by molar-refractivity contribution is -0.147. The third-order valence-corrected chi connectivity index (χ3v) is 4.88. The number of nitrogens with zero attached hydrogens (tertiary/aromatic N) is 1. The van der Waals surface area contributed by atoms with Gasteiger partial charge in [0.15, 0.2) is 0 Å². The highest BCUT2D eigenvalue weighted by Gasteiger charge is 2.48. The number of carbonyl (C=O) groups excluding carboxylic acids is 2. The summed E-state index contributed by atoms with van der Waals surface area (Å²) in [7, 11) is -4.71. The number of carbonyl (C=O) groups is 2. The fraction of sp³-hybridized carbons (Fsp3) is 0.529. The monoisotopic (exact) mass is 439 g/mol. The summed E-state index contributed by atoms with van der Waals surface area (Å²) in [5.41, 5.74) is -5.56. The molecule has 2 rings (SSSR count). The molecule has 29 heavy (non-hydrogen) atoms. The summed E-state index contributed by atoms with van der Waals surface area (Å²) >= 11 is 0. The Morgan fingerprint density at radius 2 is 1.76 bits per heavy atom. The van der Waals surface area contributed by atoms with Crippen molar-refractivity contribution in [2.45, 2.75) is 50.9 Å². The third kappa shape index (κ3) is 5.31. The minimum Gasteiger partial charge on any atom is -0.467 e. The molecular formula is C17H20F3NO7S. The van der Waals surface area contributed by atoms with Gasteiger partial charge in [-0.15, -0.1) is 0 Å². The maximum Gasteiger partial charge on any atom is 0.534 e. The highest BCUT2D eigenvalue weighted by Crippen LogP contribution is 2.32. The van der Waals surface area contributed by atoms with E-state index in [9.17, 15) is 31.2 Å². The molecule has 1 heterocycles. The van der Waals surface area contributed by atoms with Crippen LogP contribution in [0.4, 0.5) is 18.0 Å². The Morgan fingerprint density at radius 1 is 1.14 bits per heavy atom. The van der Waals surface area contributed by atoms with Crippen molar-refractivity contribution in [2.75, 3.05) is 7.11 Å². The molecule has 0 radical (unpaired) electrons. The van der Waals surface area contributed by atoms with Crippen LogP contribution in [0.25, 0.3) is 0 Å². The van der Waals surface area contributed by atoms with Crippen molar-refractivity contribution >= 4 is 22.2 Å². The topological polar surface area (TPSA) is 99.2 Å². The Balaban J connectivity index is 2.35. The van der Waals surface area contributed by atoms with Gasteiger partial charge in [0.2, 0.25) is 0 Å². The molecule has 8 nitrogen and oxygen atoms in total. The molecule has 0 aromatic heterocycles. The number of ether oxygens (including phenoxy) is 2. The van der Waals surface area contributed by atoms with Crippen molar-refractivity contribution in [3.8, 4) is 5.75 Å². The van der Waals surface area contributed by atoms with Gasteiger partial charge in [0.25, 0.3) is 0 Å². The number of esters is 1. The Bertz CT molecular complexity index is 907. The van der Waals surface area contributed by atoms with Gasteiger partial charge in [-0.2, -0.15) is 21.6 Å². The van der Waals surface area contributed by atoms with Crippen LogP contribution in [0, 0.1) is 0 Å². The van der Waals surface area contributed by atoms with E-state index in [1.165, 1.54) is 6.07 Å². The quantitative estimate of drug-likeness (QED) is 0.406. The summed E-state index contributed by atoms with van der Waals surface area (Å²) in [4.78, 5) is 25.8. The standard InChI is InChI=1S/C17H20F3NO7S/c1-16(2,3)27-15(23)21-9-10-5-6-12(28-29(24,25)17(18,19)20)7-11(10)8-13(21)14(22)26-4/h5-7,13H,8-9H2,1-4H3. The van der Waals surface area contributed by atoms with Gasteiger partial charge in [-0.25, -0.2) is 9.59 Å². The molecule has 12 heteroatoms.